The third-order valence-corrected chi connectivity index (χ3v) is 5.63. The standard InChI is InChI=1S/C18H11F3N6O5S/c1-26-13(8(6-23-26)27(30)31)16(29)25-12-11-7(9-3-2-4-32-9)5-10(18(19,20)21)24-17(11)33-14(12)15(22)28/h2-6H,1H3,(H2,22,28)(H,25,29). The van der Waals surface area contributed by atoms with E-state index in [2.05, 4.69) is 15.4 Å². The molecular weight excluding hydrogens is 469 g/mol. The first-order valence-corrected chi connectivity index (χ1v) is 9.66. The molecule has 4 heterocycles. The van der Waals surface area contributed by atoms with Crippen molar-refractivity contribution < 1.29 is 32.1 Å². The summed E-state index contributed by atoms with van der Waals surface area (Å²) >= 11 is 0.529. The summed E-state index contributed by atoms with van der Waals surface area (Å²) in [6.07, 6.45) is -2.72. The Labute approximate surface area is 184 Å². The fourth-order valence-corrected chi connectivity index (χ4v) is 4.17. The van der Waals surface area contributed by atoms with Gasteiger partial charge in [-0.2, -0.15) is 18.3 Å². The molecule has 33 heavy (non-hydrogen) atoms. The van der Waals surface area contributed by atoms with E-state index in [0.717, 1.165) is 10.9 Å². The lowest BCUT2D eigenvalue weighted by Crippen LogP contribution is -2.20. The molecule has 3 N–H and O–H groups in total. The van der Waals surface area contributed by atoms with E-state index < -0.39 is 40.0 Å². The Morgan fingerprint density at radius 2 is 2.09 bits per heavy atom. The number of carbonyl (C=O) groups is 2. The molecule has 15 heteroatoms. The lowest BCUT2D eigenvalue weighted by atomic mass is 10.1. The highest BCUT2D eigenvalue weighted by atomic mass is 32.1. The highest BCUT2D eigenvalue weighted by molar-refractivity contribution is 7.21. The summed E-state index contributed by atoms with van der Waals surface area (Å²) in [7, 11) is 1.29. The summed E-state index contributed by atoms with van der Waals surface area (Å²) in [6, 6.07) is 3.53. The number of halogens is 3. The molecule has 0 spiro atoms. The first-order chi connectivity index (χ1) is 15.5. The van der Waals surface area contributed by atoms with E-state index in [1.807, 2.05) is 0 Å². The van der Waals surface area contributed by atoms with Crippen LogP contribution in [0.4, 0.5) is 24.5 Å². The molecule has 0 fully saturated rings. The van der Waals surface area contributed by atoms with E-state index in [0.29, 0.717) is 17.4 Å². The fraction of sp³-hybridized carbons (Fsp3) is 0.111. The Morgan fingerprint density at radius 3 is 2.67 bits per heavy atom. The topological polar surface area (TPSA) is 159 Å². The number of anilines is 1. The van der Waals surface area contributed by atoms with E-state index in [1.54, 1.807) is 0 Å². The van der Waals surface area contributed by atoms with Gasteiger partial charge in [-0.3, -0.25) is 24.4 Å². The van der Waals surface area contributed by atoms with Gasteiger partial charge in [-0.05, 0) is 18.2 Å². The zero-order valence-electron chi connectivity index (χ0n) is 16.3. The number of nitro groups is 1. The number of pyridine rings is 1. The van der Waals surface area contributed by atoms with Gasteiger partial charge in [-0.15, -0.1) is 11.3 Å². The highest BCUT2D eigenvalue weighted by Gasteiger charge is 2.36. The quantitative estimate of drug-likeness (QED) is 0.326. The number of carbonyl (C=O) groups excluding carboxylic acids is 2. The van der Waals surface area contributed by atoms with Crippen LogP contribution in [0.3, 0.4) is 0 Å². The summed E-state index contributed by atoms with van der Waals surface area (Å²) in [6.45, 7) is 0. The van der Waals surface area contributed by atoms with Crippen molar-refractivity contribution in [2.45, 2.75) is 6.18 Å². The molecule has 0 aliphatic carbocycles. The molecule has 0 radical (unpaired) electrons. The predicted octanol–water partition coefficient (Wildman–Crippen LogP) is 3.57. The van der Waals surface area contributed by atoms with Crippen molar-refractivity contribution in [1.29, 1.82) is 0 Å². The summed E-state index contributed by atoms with van der Waals surface area (Å²) in [5.41, 5.74) is 2.71. The molecule has 0 aliphatic heterocycles. The van der Waals surface area contributed by atoms with Gasteiger partial charge >= 0.3 is 11.9 Å². The van der Waals surface area contributed by atoms with E-state index in [9.17, 15) is 32.9 Å². The van der Waals surface area contributed by atoms with Crippen molar-refractivity contribution >= 4 is 44.7 Å². The smallest absolute Gasteiger partial charge is 0.433 e. The van der Waals surface area contributed by atoms with Crippen molar-refractivity contribution in [3.63, 3.8) is 0 Å². The second-order valence-electron chi connectivity index (χ2n) is 6.59. The summed E-state index contributed by atoms with van der Waals surface area (Å²) < 4.78 is 46.5. The van der Waals surface area contributed by atoms with Gasteiger partial charge in [0, 0.05) is 18.0 Å². The molecule has 0 atom stereocenters. The van der Waals surface area contributed by atoms with Gasteiger partial charge in [-0.25, -0.2) is 4.98 Å². The molecule has 0 saturated heterocycles. The molecule has 0 saturated carbocycles. The van der Waals surface area contributed by atoms with E-state index in [1.165, 1.54) is 25.4 Å². The summed E-state index contributed by atoms with van der Waals surface area (Å²) in [5, 5.41) is 17.2. The SMILES string of the molecule is Cn1ncc([N+](=O)[O-])c1C(=O)Nc1c(C(N)=O)sc2nc(C(F)(F)F)cc(-c3ccco3)c12. The molecule has 4 rings (SSSR count). The fourth-order valence-electron chi connectivity index (χ4n) is 3.16. The van der Waals surface area contributed by atoms with E-state index >= 15 is 0 Å². The minimum atomic E-state index is -4.81. The third kappa shape index (κ3) is 3.78. The Balaban J connectivity index is 1.97. The van der Waals surface area contributed by atoms with Gasteiger partial charge in [0.05, 0.1) is 16.9 Å². The Bertz CT molecular complexity index is 1420. The zero-order valence-corrected chi connectivity index (χ0v) is 17.2. The van der Waals surface area contributed by atoms with Gasteiger partial charge in [0.15, 0.2) is 0 Å². The predicted molar refractivity (Wildman–Crippen MR) is 109 cm³/mol. The van der Waals surface area contributed by atoms with Gasteiger partial charge < -0.3 is 15.5 Å². The number of fused-ring (bicyclic) bond motifs is 1. The van der Waals surface area contributed by atoms with E-state index in [-0.39, 0.29) is 32.1 Å². The van der Waals surface area contributed by atoms with Crippen LogP contribution in [0.1, 0.15) is 25.9 Å². The Morgan fingerprint density at radius 1 is 1.36 bits per heavy atom. The highest BCUT2D eigenvalue weighted by Crippen LogP contribution is 2.44. The number of alkyl halides is 3. The number of primary amides is 1. The first kappa shape index (κ1) is 21.9. The van der Waals surface area contributed by atoms with Gasteiger partial charge in [0.1, 0.15) is 27.4 Å². The van der Waals surface area contributed by atoms with Gasteiger partial charge in [-0.1, -0.05) is 0 Å². The second kappa shape index (κ2) is 7.70. The normalized spacial score (nSPS) is 11.6. The van der Waals surface area contributed by atoms with Crippen LogP contribution in [0.25, 0.3) is 21.5 Å². The Kier molecular flexibility index (Phi) is 5.12. The average Bonchev–Trinajstić information content (AvgIpc) is 3.45. The number of hydrogen-bond donors (Lipinski definition) is 2. The third-order valence-electron chi connectivity index (χ3n) is 4.53. The van der Waals surface area contributed by atoms with Crippen LogP contribution < -0.4 is 11.1 Å². The monoisotopic (exact) mass is 480 g/mol. The van der Waals surface area contributed by atoms with Crippen LogP contribution in [0, 0.1) is 10.1 Å². The average molecular weight is 480 g/mol. The van der Waals surface area contributed by atoms with Gasteiger partial charge in [0.2, 0.25) is 5.69 Å². The molecule has 0 bridgehead atoms. The lowest BCUT2D eigenvalue weighted by Gasteiger charge is -2.11. The summed E-state index contributed by atoms with van der Waals surface area (Å²) in [4.78, 5) is 38.4. The largest absolute Gasteiger partial charge is 0.464 e. The van der Waals surface area contributed by atoms with Crippen molar-refractivity contribution in [1.82, 2.24) is 14.8 Å². The maximum atomic E-state index is 13.4. The molecule has 2 amide bonds. The number of nitrogens with two attached hydrogens (primary N) is 1. The van der Waals surface area contributed by atoms with Crippen molar-refractivity contribution in [2.75, 3.05) is 5.32 Å². The zero-order chi connectivity index (χ0) is 24.1. The van der Waals surface area contributed by atoms with Crippen LogP contribution in [-0.2, 0) is 13.2 Å². The molecule has 4 aromatic rings. The number of aryl methyl sites for hydroxylation is 1. The van der Waals surface area contributed by atoms with Crippen LogP contribution in [-0.4, -0.2) is 31.5 Å². The number of hydrogen-bond acceptors (Lipinski definition) is 8. The van der Waals surface area contributed by atoms with Crippen LogP contribution >= 0.6 is 11.3 Å². The van der Waals surface area contributed by atoms with Crippen molar-refractivity contribution in [3.8, 4) is 11.3 Å². The Hall–Kier alpha value is -4.27. The molecular formula is C18H11F3N6O5S. The minimum Gasteiger partial charge on any atom is -0.464 e. The molecule has 0 unspecified atom stereocenters. The minimum absolute atomic E-state index is 0.00346. The number of nitrogens with one attached hydrogen (secondary N) is 1. The maximum Gasteiger partial charge on any atom is 0.433 e. The van der Waals surface area contributed by atoms with Crippen molar-refractivity contribution in [3.05, 3.63) is 57.0 Å². The molecule has 0 aromatic carbocycles. The lowest BCUT2D eigenvalue weighted by molar-refractivity contribution is -0.385. The number of furan rings is 1. The first-order valence-electron chi connectivity index (χ1n) is 8.85. The number of nitrogens with zero attached hydrogens (tertiary/aromatic N) is 4. The molecule has 4 aromatic heterocycles. The number of rotatable bonds is 5. The number of thiophene rings is 1. The molecule has 0 aliphatic rings. The van der Waals surface area contributed by atoms with Crippen LogP contribution in [0.2, 0.25) is 0 Å². The maximum absolute atomic E-state index is 13.4. The van der Waals surface area contributed by atoms with E-state index in [4.69, 9.17) is 10.2 Å². The molecule has 11 nitrogen and oxygen atoms in total. The van der Waals surface area contributed by atoms with Gasteiger partial charge in [0.25, 0.3) is 11.8 Å². The number of amides is 2. The van der Waals surface area contributed by atoms with Crippen LogP contribution in [0.15, 0.2) is 35.1 Å². The number of aromatic nitrogens is 3. The van der Waals surface area contributed by atoms with Crippen molar-refractivity contribution in [2.24, 2.45) is 12.8 Å². The van der Waals surface area contributed by atoms with Crippen LogP contribution in [0.5, 0.6) is 0 Å². The second-order valence-corrected chi connectivity index (χ2v) is 7.59. The summed E-state index contributed by atoms with van der Waals surface area (Å²) in [5.74, 6) is -2.08. The molecule has 170 valence electrons.